The maximum absolute atomic E-state index is 13.4. The lowest BCUT2D eigenvalue weighted by molar-refractivity contribution is -0.129. The molecule has 0 bridgehead atoms. The number of nitrogens with one attached hydrogen (secondary N) is 3. The van der Waals surface area contributed by atoms with Crippen molar-refractivity contribution in [3.8, 4) is 0 Å². The monoisotopic (exact) mass is 479 g/mol. The van der Waals surface area contributed by atoms with Crippen molar-refractivity contribution in [2.24, 2.45) is 0 Å². The van der Waals surface area contributed by atoms with Crippen molar-refractivity contribution in [3.05, 3.63) is 77.1 Å². The van der Waals surface area contributed by atoms with E-state index >= 15 is 0 Å². The number of carbonyl (C=O) groups excluding carboxylic acids is 3. The van der Waals surface area contributed by atoms with E-state index in [0.717, 1.165) is 36.8 Å². The van der Waals surface area contributed by atoms with Crippen LogP contribution in [0.4, 0.5) is 4.39 Å². The highest BCUT2D eigenvalue weighted by Crippen LogP contribution is 2.24. The number of hydrogen-bond donors (Lipinski definition) is 4. The smallest absolute Gasteiger partial charge is 0.252 e. The normalized spacial score (nSPS) is 13.5. The molecule has 1 aliphatic rings. The first-order valence-electron chi connectivity index (χ1n) is 11.7. The van der Waals surface area contributed by atoms with Gasteiger partial charge in [0.2, 0.25) is 11.8 Å². The van der Waals surface area contributed by atoms with Gasteiger partial charge in [0, 0.05) is 30.7 Å². The Labute approximate surface area is 204 Å². The van der Waals surface area contributed by atoms with Gasteiger partial charge in [0.05, 0.1) is 0 Å². The molecule has 0 aromatic heterocycles. The second-order valence-electron chi connectivity index (χ2n) is 8.45. The highest BCUT2D eigenvalue weighted by molar-refractivity contribution is 6.24. The topological polar surface area (TPSA) is 108 Å². The molecule has 0 atom stereocenters. The maximum atomic E-state index is 13.4. The van der Waals surface area contributed by atoms with Crippen molar-refractivity contribution < 1.29 is 24.0 Å². The summed E-state index contributed by atoms with van der Waals surface area (Å²) in [4.78, 5) is 35.7. The van der Waals surface area contributed by atoms with Crippen LogP contribution in [0.5, 0.6) is 0 Å². The molecule has 0 saturated heterocycles. The summed E-state index contributed by atoms with van der Waals surface area (Å²) < 4.78 is 13.4. The Balaban J connectivity index is 1.54. The summed E-state index contributed by atoms with van der Waals surface area (Å²) in [6.07, 6.45) is 9.29. The lowest BCUT2D eigenvalue weighted by Gasteiger charge is -2.09. The van der Waals surface area contributed by atoms with E-state index in [1.807, 2.05) is 24.3 Å². The van der Waals surface area contributed by atoms with Gasteiger partial charge in [-0.05, 0) is 66.7 Å². The third-order valence-corrected chi connectivity index (χ3v) is 5.49. The van der Waals surface area contributed by atoms with Gasteiger partial charge in [-0.15, -0.1) is 0 Å². The minimum atomic E-state index is -0.410. The van der Waals surface area contributed by atoms with Gasteiger partial charge < -0.3 is 10.6 Å². The van der Waals surface area contributed by atoms with Gasteiger partial charge in [-0.1, -0.05) is 42.8 Å². The van der Waals surface area contributed by atoms with Gasteiger partial charge in [0.25, 0.3) is 5.91 Å². The number of amides is 3. The zero-order valence-corrected chi connectivity index (χ0v) is 19.4. The Hall–Kier alpha value is -3.78. The Morgan fingerprint density at radius 3 is 2.29 bits per heavy atom. The second-order valence-corrected chi connectivity index (χ2v) is 8.45. The molecule has 8 heteroatoms. The standard InChI is InChI=1S/C27H30FN3O4/c28-22-12-10-21(11-13-22)24(27(34)30-23-14-15-23)18-20-7-5-19(6-8-20)9-16-25(32)29-17-3-1-2-4-26(33)31-35/h5-13,16,18,23,35H,1-4,14-15,17H2,(H,29,32)(H,30,34)(H,31,33)/b16-9+,24-18+. The average molecular weight is 480 g/mol. The predicted molar refractivity (Wildman–Crippen MR) is 132 cm³/mol. The fourth-order valence-electron chi connectivity index (χ4n) is 3.36. The van der Waals surface area contributed by atoms with Gasteiger partial charge in [-0.25, -0.2) is 9.87 Å². The molecular weight excluding hydrogens is 449 g/mol. The summed E-state index contributed by atoms with van der Waals surface area (Å²) in [5.74, 6) is -1.16. The van der Waals surface area contributed by atoms with Crippen molar-refractivity contribution in [2.75, 3.05) is 6.54 Å². The number of carbonyl (C=O) groups is 3. The zero-order chi connectivity index (χ0) is 25.0. The van der Waals surface area contributed by atoms with Gasteiger partial charge in [-0.2, -0.15) is 0 Å². The average Bonchev–Trinajstić information content (AvgIpc) is 3.68. The van der Waals surface area contributed by atoms with Crippen molar-refractivity contribution in [1.82, 2.24) is 16.1 Å². The Morgan fingerprint density at radius 1 is 0.943 bits per heavy atom. The van der Waals surface area contributed by atoms with Gasteiger partial charge in [0.1, 0.15) is 5.82 Å². The molecular formula is C27H30FN3O4. The quantitative estimate of drug-likeness (QED) is 0.122. The highest BCUT2D eigenvalue weighted by atomic mass is 19.1. The van der Waals surface area contributed by atoms with Crippen LogP contribution in [0, 0.1) is 5.82 Å². The third-order valence-electron chi connectivity index (χ3n) is 5.49. The molecule has 0 unspecified atom stereocenters. The molecule has 184 valence electrons. The molecule has 1 fully saturated rings. The Kier molecular flexibility index (Phi) is 9.74. The number of halogens is 1. The summed E-state index contributed by atoms with van der Waals surface area (Å²) in [7, 11) is 0. The van der Waals surface area contributed by atoms with Gasteiger partial charge >= 0.3 is 0 Å². The molecule has 2 aromatic rings. The molecule has 4 N–H and O–H groups in total. The van der Waals surface area contributed by atoms with Crippen molar-refractivity contribution in [2.45, 2.75) is 44.6 Å². The lowest BCUT2D eigenvalue weighted by Crippen LogP contribution is -2.26. The van der Waals surface area contributed by atoms with E-state index in [1.165, 1.54) is 18.2 Å². The van der Waals surface area contributed by atoms with Crippen molar-refractivity contribution in [3.63, 3.8) is 0 Å². The number of unbranched alkanes of at least 4 members (excludes halogenated alkanes) is 2. The summed E-state index contributed by atoms with van der Waals surface area (Å²) in [5, 5.41) is 14.2. The third kappa shape index (κ3) is 9.17. The summed E-state index contributed by atoms with van der Waals surface area (Å²) in [5.41, 5.74) is 4.34. The zero-order valence-electron chi connectivity index (χ0n) is 19.4. The minimum absolute atomic E-state index is 0.184. The predicted octanol–water partition coefficient (Wildman–Crippen LogP) is 3.84. The number of rotatable bonds is 12. The minimum Gasteiger partial charge on any atom is -0.353 e. The van der Waals surface area contributed by atoms with E-state index in [2.05, 4.69) is 10.6 Å². The van der Waals surface area contributed by atoms with Crippen LogP contribution in [-0.4, -0.2) is 35.5 Å². The largest absolute Gasteiger partial charge is 0.353 e. The van der Waals surface area contributed by atoms with Crippen LogP contribution in [0.25, 0.3) is 17.7 Å². The second kappa shape index (κ2) is 13.2. The molecule has 0 radical (unpaired) electrons. The van der Waals surface area contributed by atoms with Crippen LogP contribution in [0.2, 0.25) is 0 Å². The highest BCUT2D eigenvalue weighted by Gasteiger charge is 2.25. The summed E-state index contributed by atoms with van der Waals surface area (Å²) in [6.45, 7) is 0.503. The van der Waals surface area contributed by atoms with Gasteiger partial charge in [-0.3, -0.25) is 19.6 Å². The molecule has 1 aliphatic carbocycles. The summed E-state index contributed by atoms with van der Waals surface area (Å²) >= 11 is 0. The van der Waals surface area contributed by atoms with Crippen LogP contribution in [0.1, 0.15) is 55.2 Å². The molecule has 0 spiro atoms. The van der Waals surface area contributed by atoms with E-state index in [4.69, 9.17) is 5.21 Å². The van der Waals surface area contributed by atoms with E-state index in [0.29, 0.717) is 24.1 Å². The van der Waals surface area contributed by atoms with Crippen molar-refractivity contribution in [1.29, 1.82) is 0 Å². The molecule has 2 aromatic carbocycles. The fourth-order valence-corrected chi connectivity index (χ4v) is 3.36. The SMILES string of the molecule is O=C(/C=C/c1ccc(/C=C(/C(=O)NC2CC2)c2ccc(F)cc2)cc1)NCCCCCC(=O)NO. The molecule has 0 aliphatic heterocycles. The molecule has 1 saturated carbocycles. The Morgan fingerprint density at radius 2 is 1.63 bits per heavy atom. The van der Waals surface area contributed by atoms with E-state index in [9.17, 15) is 18.8 Å². The molecule has 3 rings (SSSR count). The lowest BCUT2D eigenvalue weighted by atomic mass is 10.0. The molecule has 0 heterocycles. The maximum Gasteiger partial charge on any atom is 0.252 e. The Bertz CT molecular complexity index is 1070. The number of hydroxylamine groups is 1. The first-order chi connectivity index (χ1) is 16.9. The van der Waals surface area contributed by atoms with Crippen LogP contribution in [0.15, 0.2) is 54.6 Å². The van der Waals surface area contributed by atoms with Crippen molar-refractivity contribution >= 4 is 35.4 Å². The summed E-state index contributed by atoms with van der Waals surface area (Å²) in [6, 6.07) is 13.5. The van der Waals surface area contributed by atoms with Gasteiger partial charge in [0.15, 0.2) is 0 Å². The molecule has 7 nitrogen and oxygen atoms in total. The fraction of sp³-hybridized carbons (Fsp3) is 0.296. The van der Waals surface area contributed by atoms with E-state index in [1.54, 1.807) is 29.8 Å². The van der Waals surface area contributed by atoms with E-state index in [-0.39, 0.29) is 30.1 Å². The van der Waals surface area contributed by atoms with Crippen LogP contribution in [-0.2, 0) is 14.4 Å². The van der Waals surface area contributed by atoms with Crippen LogP contribution >= 0.6 is 0 Å². The van der Waals surface area contributed by atoms with E-state index < -0.39 is 5.91 Å². The number of benzene rings is 2. The first kappa shape index (κ1) is 25.8. The molecule has 35 heavy (non-hydrogen) atoms. The number of hydrogen-bond acceptors (Lipinski definition) is 4. The first-order valence-corrected chi connectivity index (χ1v) is 11.7. The molecule has 3 amide bonds. The van der Waals surface area contributed by atoms with Crippen LogP contribution in [0.3, 0.4) is 0 Å². The van der Waals surface area contributed by atoms with Crippen LogP contribution < -0.4 is 16.1 Å².